The highest BCUT2D eigenvalue weighted by Crippen LogP contribution is 2.39. The molecule has 10 heteroatoms. The standard InChI is InChI=1S/C35H29N5O4S/c1-21-6-12-27(13-7-21)45(43,44)40-32(26-14-22(2)37-23(3)15-26)16-29-31(20-39(5)35(42)34(29)40)28-17-33(41)38(4)19-30(28)25-10-8-24(18-36)9-11-25/h6-17,19-20H,1-5H3. The third-order valence-corrected chi connectivity index (χ3v) is 9.60. The first-order valence-corrected chi connectivity index (χ1v) is 15.6. The lowest BCUT2D eigenvalue weighted by atomic mass is 9.94. The Bertz CT molecular complexity index is 2410. The Kier molecular flexibility index (Phi) is 7.14. The fourth-order valence-corrected chi connectivity index (χ4v) is 7.18. The maximum absolute atomic E-state index is 14.5. The predicted molar refractivity (Wildman–Crippen MR) is 174 cm³/mol. The highest BCUT2D eigenvalue weighted by Gasteiger charge is 2.28. The van der Waals surface area contributed by atoms with Gasteiger partial charge < -0.3 is 9.13 Å². The Morgan fingerprint density at radius 2 is 1.36 bits per heavy atom. The summed E-state index contributed by atoms with van der Waals surface area (Å²) < 4.78 is 32.8. The molecule has 0 aliphatic carbocycles. The monoisotopic (exact) mass is 615 g/mol. The largest absolute Gasteiger partial charge is 0.318 e. The molecule has 9 nitrogen and oxygen atoms in total. The molecule has 45 heavy (non-hydrogen) atoms. The number of rotatable bonds is 5. The number of hydrogen-bond donors (Lipinski definition) is 0. The smallest absolute Gasteiger partial charge is 0.275 e. The zero-order valence-corrected chi connectivity index (χ0v) is 26.2. The molecule has 0 aliphatic rings. The summed E-state index contributed by atoms with van der Waals surface area (Å²) in [6.45, 7) is 5.52. The summed E-state index contributed by atoms with van der Waals surface area (Å²) in [5.41, 5.74) is 5.25. The van der Waals surface area contributed by atoms with Crippen LogP contribution in [0.1, 0.15) is 22.5 Å². The minimum atomic E-state index is -4.28. The van der Waals surface area contributed by atoms with Gasteiger partial charge in [0, 0.05) is 66.0 Å². The summed E-state index contributed by atoms with van der Waals surface area (Å²) in [5, 5.41) is 9.70. The highest BCUT2D eigenvalue weighted by atomic mass is 32.2. The van der Waals surface area contributed by atoms with Crippen molar-refractivity contribution in [2.45, 2.75) is 25.7 Å². The van der Waals surface area contributed by atoms with Crippen LogP contribution in [0.2, 0.25) is 0 Å². The molecule has 0 spiro atoms. The second-order valence-electron chi connectivity index (χ2n) is 11.2. The average Bonchev–Trinajstić information content (AvgIpc) is 3.42. The van der Waals surface area contributed by atoms with Crippen LogP contribution in [0, 0.1) is 32.1 Å². The predicted octanol–water partition coefficient (Wildman–Crippen LogP) is 5.47. The van der Waals surface area contributed by atoms with Crippen molar-refractivity contribution in [1.82, 2.24) is 18.1 Å². The van der Waals surface area contributed by atoms with E-state index in [0.29, 0.717) is 50.3 Å². The fraction of sp³-hybridized carbons (Fsp3) is 0.143. The van der Waals surface area contributed by atoms with Crippen LogP contribution in [0.25, 0.3) is 44.4 Å². The number of benzene rings is 2. The van der Waals surface area contributed by atoms with Crippen LogP contribution in [0.5, 0.6) is 0 Å². The van der Waals surface area contributed by atoms with Gasteiger partial charge in [0.05, 0.1) is 22.2 Å². The van der Waals surface area contributed by atoms with E-state index in [1.165, 1.54) is 27.3 Å². The van der Waals surface area contributed by atoms with Crippen LogP contribution in [0.4, 0.5) is 0 Å². The van der Waals surface area contributed by atoms with Gasteiger partial charge in [-0.05, 0) is 74.4 Å². The van der Waals surface area contributed by atoms with Crippen LogP contribution in [0.3, 0.4) is 0 Å². The van der Waals surface area contributed by atoms with E-state index >= 15 is 0 Å². The van der Waals surface area contributed by atoms with Crippen LogP contribution < -0.4 is 11.1 Å². The van der Waals surface area contributed by atoms with Crippen molar-refractivity contribution in [3.8, 4) is 39.6 Å². The zero-order valence-electron chi connectivity index (χ0n) is 25.4. The van der Waals surface area contributed by atoms with Crippen molar-refractivity contribution in [3.05, 3.63) is 128 Å². The van der Waals surface area contributed by atoms with Gasteiger partial charge in [-0.15, -0.1) is 0 Å². The summed E-state index contributed by atoms with van der Waals surface area (Å²) in [6.07, 6.45) is 3.33. The molecule has 0 saturated carbocycles. The van der Waals surface area contributed by atoms with Crippen molar-refractivity contribution in [2.24, 2.45) is 14.1 Å². The number of nitrogens with zero attached hydrogens (tertiary/aromatic N) is 5. The Morgan fingerprint density at radius 1 is 0.733 bits per heavy atom. The van der Waals surface area contributed by atoms with Crippen LogP contribution in [0.15, 0.2) is 99.7 Å². The van der Waals surface area contributed by atoms with Crippen molar-refractivity contribution in [1.29, 1.82) is 5.26 Å². The minimum absolute atomic E-state index is 0.0358. The summed E-state index contributed by atoms with van der Waals surface area (Å²) in [7, 11) is -1.08. The Labute approximate surface area is 260 Å². The van der Waals surface area contributed by atoms with E-state index in [9.17, 15) is 23.3 Å². The van der Waals surface area contributed by atoms with Crippen molar-refractivity contribution in [3.63, 3.8) is 0 Å². The molecule has 0 N–H and O–H groups in total. The minimum Gasteiger partial charge on any atom is -0.318 e. The third kappa shape index (κ3) is 5.07. The molecule has 0 bridgehead atoms. The van der Waals surface area contributed by atoms with Gasteiger partial charge in [0.2, 0.25) is 0 Å². The van der Waals surface area contributed by atoms with Crippen LogP contribution >= 0.6 is 0 Å². The van der Waals surface area contributed by atoms with E-state index in [-0.39, 0.29) is 16.0 Å². The summed E-state index contributed by atoms with van der Waals surface area (Å²) in [4.78, 5) is 31.5. The lowest BCUT2D eigenvalue weighted by molar-refractivity contribution is 0.589. The Hall–Kier alpha value is -5.53. The zero-order chi connectivity index (χ0) is 32.2. The van der Waals surface area contributed by atoms with E-state index in [0.717, 1.165) is 15.1 Å². The molecule has 0 unspecified atom stereocenters. The molecule has 4 aromatic heterocycles. The molecule has 0 aliphatic heterocycles. The second-order valence-corrected chi connectivity index (χ2v) is 13.0. The number of pyridine rings is 3. The van der Waals surface area contributed by atoms with Crippen molar-refractivity contribution < 1.29 is 8.42 Å². The molecule has 2 aromatic carbocycles. The number of fused-ring (bicyclic) bond motifs is 1. The molecule has 0 saturated heterocycles. The lowest BCUT2D eigenvalue weighted by Crippen LogP contribution is -2.23. The number of nitriles is 1. The van der Waals surface area contributed by atoms with Gasteiger partial charge in [-0.1, -0.05) is 29.8 Å². The topological polar surface area (TPSA) is 120 Å². The Morgan fingerprint density at radius 3 is 1.98 bits per heavy atom. The third-order valence-electron chi connectivity index (χ3n) is 7.87. The first kappa shape index (κ1) is 29.5. The first-order chi connectivity index (χ1) is 21.4. The molecular weight excluding hydrogens is 586 g/mol. The fourth-order valence-electron chi connectivity index (χ4n) is 5.66. The molecule has 0 amide bonds. The van der Waals surface area contributed by atoms with E-state index in [4.69, 9.17) is 0 Å². The number of hydrogen-bond acceptors (Lipinski definition) is 6. The molecule has 6 rings (SSSR count). The van der Waals surface area contributed by atoms with E-state index in [2.05, 4.69) is 11.1 Å². The average molecular weight is 616 g/mol. The maximum Gasteiger partial charge on any atom is 0.275 e. The van der Waals surface area contributed by atoms with Gasteiger partial charge in [-0.3, -0.25) is 14.6 Å². The first-order valence-electron chi connectivity index (χ1n) is 14.1. The molecule has 224 valence electrons. The quantitative estimate of drug-likeness (QED) is 0.254. The normalized spacial score (nSPS) is 11.6. The molecular formula is C35H29N5O4S. The molecule has 0 radical (unpaired) electrons. The van der Waals surface area contributed by atoms with Gasteiger partial charge in [-0.2, -0.15) is 5.26 Å². The lowest BCUT2D eigenvalue weighted by Gasteiger charge is -2.15. The van der Waals surface area contributed by atoms with E-state index in [1.807, 2.05) is 20.8 Å². The van der Waals surface area contributed by atoms with Gasteiger partial charge in [0.15, 0.2) is 0 Å². The van der Waals surface area contributed by atoms with Crippen molar-refractivity contribution in [2.75, 3.05) is 0 Å². The van der Waals surface area contributed by atoms with E-state index < -0.39 is 15.6 Å². The molecule has 0 atom stereocenters. The molecule has 0 fully saturated rings. The molecule has 4 heterocycles. The SMILES string of the molecule is Cc1ccc(S(=O)(=O)n2c(-c3cc(C)nc(C)c3)cc3c(-c4cc(=O)n(C)cc4-c4ccc(C#N)cc4)cn(C)c(=O)c32)cc1. The van der Waals surface area contributed by atoms with Crippen LogP contribution in [-0.2, 0) is 24.1 Å². The number of aromatic nitrogens is 4. The van der Waals surface area contributed by atoms with Crippen LogP contribution in [-0.4, -0.2) is 26.5 Å². The molecule has 6 aromatic rings. The Balaban J connectivity index is 1.77. The van der Waals surface area contributed by atoms with Gasteiger partial charge >= 0.3 is 0 Å². The maximum atomic E-state index is 14.5. The van der Waals surface area contributed by atoms with Gasteiger partial charge in [-0.25, -0.2) is 12.4 Å². The number of aryl methyl sites for hydroxylation is 5. The highest BCUT2D eigenvalue weighted by molar-refractivity contribution is 7.90. The summed E-state index contributed by atoms with van der Waals surface area (Å²) in [6, 6.07) is 22.3. The summed E-state index contributed by atoms with van der Waals surface area (Å²) in [5.74, 6) is 0. The van der Waals surface area contributed by atoms with Crippen molar-refractivity contribution >= 4 is 20.9 Å². The second kappa shape index (κ2) is 10.9. The van der Waals surface area contributed by atoms with Gasteiger partial charge in [0.1, 0.15) is 5.52 Å². The summed E-state index contributed by atoms with van der Waals surface area (Å²) >= 11 is 0. The van der Waals surface area contributed by atoms with Gasteiger partial charge in [0.25, 0.3) is 21.1 Å². The van der Waals surface area contributed by atoms with E-state index in [1.54, 1.807) is 81.1 Å².